The van der Waals surface area contributed by atoms with E-state index in [9.17, 15) is 19.2 Å². The molecule has 13 heteroatoms. The zero-order valence-electron chi connectivity index (χ0n) is 30.0. The highest BCUT2D eigenvalue weighted by molar-refractivity contribution is 6.03. The van der Waals surface area contributed by atoms with E-state index in [4.69, 9.17) is 0 Å². The summed E-state index contributed by atoms with van der Waals surface area (Å²) >= 11 is 0. The van der Waals surface area contributed by atoms with Gasteiger partial charge in [0, 0.05) is 86.2 Å². The summed E-state index contributed by atoms with van der Waals surface area (Å²) in [6.45, 7) is 10.6. The normalized spacial score (nSPS) is 21.2. The molecule has 3 aliphatic heterocycles. The van der Waals surface area contributed by atoms with Gasteiger partial charge in [0.15, 0.2) is 0 Å². The number of H-pyrrole nitrogens is 2. The van der Waals surface area contributed by atoms with Gasteiger partial charge >= 0.3 is 0 Å². The van der Waals surface area contributed by atoms with E-state index in [1.165, 1.54) is 11.3 Å². The Hall–Kier alpha value is -5.04. The van der Waals surface area contributed by atoms with Crippen molar-refractivity contribution >= 4 is 40.3 Å². The third kappa shape index (κ3) is 7.06. The Balaban J connectivity index is 0.798. The van der Waals surface area contributed by atoms with Crippen molar-refractivity contribution in [1.82, 2.24) is 40.6 Å². The van der Waals surface area contributed by atoms with E-state index >= 15 is 0 Å². The van der Waals surface area contributed by atoms with Crippen molar-refractivity contribution < 1.29 is 19.2 Å². The Labute approximate surface area is 302 Å². The Bertz CT molecular complexity index is 2000. The fourth-order valence-electron chi connectivity index (χ4n) is 8.26. The average Bonchev–Trinajstić information content (AvgIpc) is 3.76. The van der Waals surface area contributed by atoms with Crippen LogP contribution >= 0.6 is 0 Å². The summed E-state index contributed by atoms with van der Waals surface area (Å²) < 4.78 is 0. The van der Waals surface area contributed by atoms with Gasteiger partial charge in [-0.05, 0) is 80.2 Å². The molecule has 0 bridgehead atoms. The molecule has 1 aliphatic carbocycles. The number of hydrogen-bond donors (Lipinski definition) is 4. The minimum atomic E-state index is -0.715. The molecular weight excluding hydrogens is 658 g/mol. The van der Waals surface area contributed by atoms with Crippen LogP contribution in [0.25, 0.3) is 22.3 Å². The summed E-state index contributed by atoms with van der Waals surface area (Å²) in [6.07, 6.45) is 7.33. The topological polar surface area (TPSA) is 159 Å². The van der Waals surface area contributed by atoms with Crippen LogP contribution in [0.2, 0.25) is 0 Å². The molecule has 0 spiro atoms. The van der Waals surface area contributed by atoms with Crippen LogP contribution in [0.3, 0.4) is 0 Å². The number of amides is 4. The Morgan fingerprint density at radius 3 is 2.48 bits per heavy atom. The number of benzene rings is 1. The largest absolute Gasteiger partial charge is 0.357 e. The van der Waals surface area contributed by atoms with Crippen LogP contribution in [0.5, 0.6) is 0 Å². The summed E-state index contributed by atoms with van der Waals surface area (Å²) in [5, 5.41) is 14.0. The summed E-state index contributed by atoms with van der Waals surface area (Å²) in [5.41, 5.74) is 6.89. The fraction of sp³-hybridized carbons (Fsp3) is 0.487. The number of piperidine rings is 2. The predicted molar refractivity (Wildman–Crippen MR) is 197 cm³/mol. The second-order valence-corrected chi connectivity index (χ2v) is 15.8. The van der Waals surface area contributed by atoms with Gasteiger partial charge in [0.05, 0.1) is 11.3 Å². The van der Waals surface area contributed by atoms with Crippen LogP contribution in [-0.2, 0) is 22.4 Å². The van der Waals surface area contributed by atoms with Gasteiger partial charge in [-0.1, -0.05) is 19.9 Å². The van der Waals surface area contributed by atoms with E-state index in [0.717, 1.165) is 106 Å². The molecule has 0 radical (unpaired) electrons. The van der Waals surface area contributed by atoms with Crippen molar-refractivity contribution in [1.29, 1.82) is 0 Å². The number of nitrogens with zero attached hydrogens (tertiary/aromatic N) is 5. The van der Waals surface area contributed by atoms with Crippen molar-refractivity contribution in [3.8, 4) is 11.4 Å². The van der Waals surface area contributed by atoms with Gasteiger partial charge in [-0.2, -0.15) is 5.10 Å². The maximum atomic E-state index is 13.6. The van der Waals surface area contributed by atoms with E-state index in [1.807, 2.05) is 29.2 Å². The van der Waals surface area contributed by atoms with Gasteiger partial charge in [0.2, 0.25) is 11.8 Å². The number of carbonyl (C=O) groups excluding carboxylic acids is 4. The van der Waals surface area contributed by atoms with Crippen LogP contribution in [0.15, 0.2) is 42.6 Å². The number of aromatic nitrogens is 4. The van der Waals surface area contributed by atoms with Crippen LogP contribution in [0.4, 0.5) is 5.82 Å². The smallest absolute Gasteiger partial charge is 0.254 e. The number of rotatable bonds is 7. The van der Waals surface area contributed by atoms with E-state index in [0.29, 0.717) is 23.5 Å². The second-order valence-electron chi connectivity index (χ2n) is 15.8. The molecule has 13 nitrogen and oxygen atoms in total. The lowest BCUT2D eigenvalue weighted by Crippen LogP contribution is -2.52. The van der Waals surface area contributed by atoms with Gasteiger partial charge in [-0.25, -0.2) is 4.98 Å². The Kier molecular flexibility index (Phi) is 9.06. The minimum Gasteiger partial charge on any atom is -0.357 e. The number of pyridine rings is 1. The number of aromatic amines is 2. The third-order valence-corrected chi connectivity index (χ3v) is 11.5. The van der Waals surface area contributed by atoms with Crippen molar-refractivity contribution in [3.63, 3.8) is 0 Å². The van der Waals surface area contributed by atoms with Crippen molar-refractivity contribution in [2.75, 3.05) is 50.7 Å². The number of nitrogens with one attached hydrogen (secondary N) is 4. The molecule has 3 fully saturated rings. The molecule has 4 amide bonds. The van der Waals surface area contributed by atoms with Gasteiger partial charge in [-0.3, -0.25) is 34.5 Å². The second kappa shape index (κ2) is 13.8. The van der Waals surface area contributed by atoms with Crippen LogP contribution in [-0.4, -0.2) is 105 Å². The number of hydrogen-bond acceptors (Lipinski definition) is 8. The molecule has 4 aliphatic rings. The fourth-order valence-corrected chi connectivity index (χ4v) is 8.26. The number of fused-ring (bicyclic) bond motifs is 2. The standard InChI is InChI=1S/C39H47N9O4/c1-39(2)12-9-28-32(21-39)44-45-35(28)31-19-25-3-4-26(20-30(25)41-31)38(52)48-17-15-46(16-18-48)23-24-10-13-47(14-11-24)33-7-5-27(22-40-33)36(50)42-29-6-8-34(49)43-37(29)51/h3-5,7,19-20,22,24,29,41H,6,8-18,21,23H2,1-2H3,(H,42,50)(H,44,45)(H,43,49,51). The zero-order valence-corrected chi connectivity index (χ0v) is 30.0. The maximum absolute atomic E-state index is 13.6. The lowest BCUT2D eigenvalue weighted by atomic mass is 9.76. The van der Waals surface area contributed by atoms with E-state index < -0.39 is 11.9 Å². The Morgan fingerprint density at radius 1 is 0.942 bits per heavy atom. The highest BCUT2D eigenvalue weighted by Gasteiger charge is 2.31. The molecule has 1 unspecified atom stereocenters. The van der Waals surface area contributed by atoms with Gasteiger partial charge in [-0.15, -0.1) is 0 Å². The summed E-state index contributed by atoms with van der Waals surface area (Å²) in [6, 6.07) is 11.0. The summed E-state index contributed by atoms with van der Waals surface area (Å²) in [5.74, 6) is 0.328. The van der Waals surface area contributed by atoms with E-state index in [2.05, 4.69) is 60.5 Å². The number of imide groups is 1. The molecule has 1 aromatic carbocycles. The molecule has 6 heterocycles. The molecule has 3 saturated heterocycles. The quantitative estimate of drug-likeness (QED) is 0.212. The summed E-state index contributed by atoms with van der Waals surface area (Å²) in [4.78, 5) is 64.4. The van der Waals surface area contributed by atoms with Crippen molar-refractivity contribution in [2.45, 2.75) is 64.8 Å². The van der Waals surface area contributed by atoms with Gasteiger partial charge < -0.3 is 20.1 Å². The van der Waals surface area contributed by atoms with E-state index in [-0.39, 0.29) is 29.6 Å². The minimum absolute atomic E-state index is 0.0809. The number of carbonyl (C=O) groups is 4. The highest BCUT2D eigenvalue weighted by atomic mass is 16.2. The first-order chi connectivity index (χ1) is 25.1. The van der Waals surface area contributed by atoms with Crippen LogP contribution < -0.4 is 15.5 Å². The number of anilines is 1. The third-order valence-electron chi connectivity index (χ3n) is 11.5. The first-order valence-electron chi connectivity index (χ1n) is 18.6. The van der Waals surface area contributed by atoms with Crippen LogP contribution in [0.1, 0.15) is 77.9 Å². The zero-order chi connectivity index (χ0) is 36.0. The molecule has 8 rings (SSSR count). The first kappa shape index (κ1) is 34.1. The molecule has 1 atom stereocenters. The monoisotopic (exact) mass is 705 g/mol. The maximum Gasteiger partial charge on any atom is 0.254 e. The lowest BCUT2D eigenvalue weighted by Gasteiger charge is -2.39. The Morgan fingerprint density at radius 2 is 1.73 bits per heavy atom. The van der Waals surface area contributed by atoms with Crippen molar-refractivity contribution in [3.05, 3.63) is 65.0 Å². The predicted octanol–water partition coefficient (Wildman–Crippen LogP) is 3.68. The molecule has 3 aromatic heterocycles. The average molecular weight is 706 g/mol. The van der Waals surface area contributed by atoms with Crippen molar-refractivity contribution in [2.24, 2.45) is 11.3 Å². The molecule has 4 aromatic rings. The van der Waals surface area contributed by atoms with E-state index in [1.54, 1.807) is 12.3 Å². The number of piperazine rings is 1. The molecule has 52 heavy (non-hydrogen) atoms. The summed E-state index contributed by atoms with van der Waals surface area (Å²) in [7, 11) is 0. The van der Waals surface area contributed by atoms with Gasteiger partial charge in [0.25, 0.3) is 11.8 Å². The molecule has 272 valence electrons. The first-order valence-corrected chi connectivity index (χ1v) is 18.6. The SMILES string of the molecule is CC1(C)CCc2c(-c3cc4ccc(C(=O)N5CCN(CC6CCN(c7ccc(C(=O)NC8CCC(=O)NC8=O)cn7)CC6)CC5)cc4[nH]3)n[nH]c2C1. The highest BCUT2D eigenvalue weighted by Crippen LogP contribution is 2.38. The molecule has 4 N–H and O–H groups in total. The van der Waals surface area contributed by atoms with Crippen LogP contribution in [0, 0.1) is 11.3 Å². The lowest BCUT2D eigenvalue weighted by molar-refractivity contribution is -0.134. The molecular formula is C39H47N9O4. The van der Waals surface area contributed by atoms with Gasteiger partial charge in [0.1, 0.15) is 17.6 Å². The molecule has 0 saturated carbocycles.